The number of rotatable bonds is 4. The van der Waals surface area contributed by atoms with Crippen LogP contribution in [0.1, 0.15) is 20.8 Å². The van der Waals surface area contributed by atoms with Crippen molar-refractivity contribution in [1.82, 2.24) is 4.57 Å². The van der Waals surface area contributed by atoms with Gasteiger partial charge in [-0.2, -0.15) is 0 Å². The van der Waals surface area contributed by atoms with E-state index in [1.807, 2.05) is 4.57 Å². The lowest BCUT2D eigenvalue weighted by Gasteiger charge is -2.19. The zero-order chi connectivity index (χ0) is 15.8. The van der Waals surface area contributed by atoms with E-state index in [0.717, 1.165) is 10.9 Å². The zero-order valence-electron chi connectivity index (χ0n) is 12.2. The number of nitro benzene ring substituents is 1. The smallest absolute Gasteiger partial charge is 0.270 e. The molecule has 0 saturated carbocycles. The van der Waals surface area contributed by atoms with Crippen LogP contribution in [0, 0.1) is 10.1 Å². The summed E-state index contributed by atoms with van der Waals surface area (Å²) in [5, 5.41) is 11.5. The molecule has 0 N–H and O–H groups in total. The Hall–Kier alpha value is -1.89. The van der Waals surface area contributed by atoms with Crippen LogP contribution in [0.3, 0.4) is 0 Å². The minimum absolute atomic E-state index is 0.0302. The molecular weight excluding hydrogens is 292 g/mol. The molecule has 6 nitrogen and oxygen atoms in total. The Morgan fingerprint density at radius 2 is 1.90 bits per heavy atom. The molecule has 0 amide bonds. The summed E-state index contributed by atoms with van der Waals surface area (Å²) in [5.41, 5.74) is 0.826. The van der Waals surface area contributed by atoms with Gasteiger partial charge in [-0.15, -0.1) is 0 Å². The molecule has 0 bridgehead atoms. The van der Waals surface area contributed by atoms with E-state index in [4.69, 9.17) is 0 Å². The number of hydrogen-bond acceptors (Lipinski definition) is 4. The van der Waals surface area contributed by atoms with Crippen LogP contribution in [0.15, 0.2) is 30.5 Å². The maximum Gasteiger partial charge on any atom is 0.270 e. The Balaban J connectivity index is 2.27. The van der Waals surface area contributed by atoms with Gasteiger partial charge in [-0.1, -0.05) is 0 Å². The second-order valence-corrected chi connectivity index (χ2v) is 8.80. The zero-order valence-corrected chi connectivity index (χ0v) is 13.1. The molecule has 0 unspecified atom stereocenters. The maximum absolute atomic E-state index is 12.1. The van der Waals surface area contributed by atoms with Crippen LogP contribution in [0.25, 0.3) is 10.9 Å². The van der Waals surface area contributed by atoms with E-state index in [2.05, 4.69) is 0 Å². The summed E-state index contributed by atoms with van der Waals surface area (Å²) in [4.78, 5) is 10.3. The van der Waals surface area contributed by atoms with Gasteiger partial charge in [0.25, 0.3) is 5.69 Å². The van der Waals surface area contributed by atoms with Crippen molar-refractivity contribution in [1.29, 1.82) is 0 Å². The third-order valence-electron chi connectivity index (χ3n) is 3.50. The van der Waals surface area contributed by atoms with Gasteiger partial charge in [0.1, 0.15) is 0 Å². The van der Waals surface area contributed by atoms with Crippen molar-refractivity contribution in [3.63, 3.8) is 0 Å². The SMILES string of the molecule is CC(C)(C)S(=O)(=O)CCn1ccc2cc([N+](=O)[O-])ccc21. The number of sulfone groups is 1. The van der Waals surface area contributed by atoms with E-state index in [1.165, 1.54) is 12.1 Å². The van der Waals surface area contributed by atoms with E-state index < -0.39 is 19.5 Å². The number of aromatic nitrogens is 1. The highest BCUT2D eigenvalue weighted by atomic mass is 32.2. The molecule has 114 valence electrons. The summed E-state index contributed by atoms with van der Waals surface area (Å²) in [6.07, 6.45) is 1.76. The lowest BCUT2D eigenvalue weighted by molar-refractivity contribution is -0.384. The average molecular weight is 310 g/mol. The Bertz CT molecular complexity index is 785. The van der Waals surface area contributed by atoms with Crippen molar-refractivity contribution in [2.45, 2.75) is 32.1 Å². The highest BCUT2D eigenvalue weighted by molar-refractivity contribution is 7.92. The molecule has 1 aromatic carbocycles. The van der Waals surface area contributed by atoms with Crippen LogP contribution >= 0.6 is 0 Å². The third-order valence-corrected chi connectivity index (χ3v) is 6.09. The third kappa shape index (κ3) is 3.07. The molecule has 0 radical (unpaired) electrons. The first kappa shape index (κ1) is 15.5. The highest BCUT2D eigenvalue weighted by Gasteiger charge is 2.28. The molecule has 0 aliphatic rings. The number of nitrogens with zero attached hydrogens (tertiary/aromatic N) is 2. The highest BCUT2D eigenvalue weighted by Crippen LogP contribution is 2.23. The van der Waals surface area contributed by atoms with Gasteiger partial charge in [0.15, 0.2) is 9.84 Å². The molecule has 1 heterocycles. The molecule has 0 aliphatic heterocycles. The predicted molar refractivity (Wildman–Crippen MR) is 82.1 cm³/mol. The summed E-state index contributed by atoms with van der Waals surface area (Å²) in [6, 6.07) is 6.32. The van der Waals surface area contributed by atoms with Crippen LogP contribution in [0.4, 0.5) is 5.69 Å². The molecule has 0 aliphatic carbocycles. The van der Waals surface area contributed by atoms with Crippen LogP contribution in [-0.2, 0) is 16.4 Å². The summed E-state index contributed by atoms with van der Waals surface area (Å²) in [6.45, 7) is 5.37. The maximum atomic E-state index is 12.1. The molecule has 0 spiro atoms. The quantitative estimate of drug-likeness (QED) is 0.642. The fourth-order valence-corrected chi connectivity index (χ4v) is 3.07. The summed E-state index contributed by atoms with van der Waals surface area (Å²) in [5.74, 6) is 0.0390. The Morgan fingerprint density at radius 3 is 2.48 bits per heavy atom. The lowest BCUT2D eigenvalue weighted by Crippen LogP contribution is -2.31. The van der Waals surface area contributed by atoms with Gasteiger partial charge in [0, 0.05) is 35.8 Å². The summed E-state index contributed by atoms with van der Waals surface area (Å²) in [7, 11) is -3.19. The number of non-ortho nitro benzene ring substituents is 1. The van der Waals surface area contributed by atoms with Gasteiger partial charge < -0.3 is 4.57 Å². The van der Waals surface area contributed by atoms with Crippen LogP contribution in [-0.4, -0.2) is 28.4 Å². The average Bonchev–Trinajstić information content (AvgIpc) is 2.77. The van der Waals surface area contributed by atoms with Crippen molar-refractivity contribution < 1.29 is 13.3 Å². The Morgan fingerprint density at radius 1 is 1.24 bits per heavy atom. The van der Waals surface area contributed by atoms with Crippen molar-refractivity contribution in [3.8, 4) is 0 Å². The Labute approximate surface area is 123 Å². The molecule has 1 aromatic heterocycles. The fraction of sp³-hybridized carbons (Fsp3) is 0.429. The van der Waals surface area contributed by atoms with Gasteiger partial charge in [-0.25, -0.2) is 8.42 Å². The van der Waals surface area contributed by atoms with Gasteiger partial charge in [-0.3, -0.25) is 10.1 Å². The molecule has 2 aromatic rings. The van der Waals surface area contributed by atoms with Crippen molar-refractivity contribution in [3.05, 3.63) is 40.6 Å². The van der Waals surface area contributed by atoms with Crippen LogP contribution in [0.2, 0.25) is 0 Å². The van der Waals surface area contributed by atoms with Gasteiger partial charge in [-0.05, 0) is 32.9 Å². The molecular formula is C14H18N2O4S. The van der Waals surface area contributed by atoms with Crippen molar-refractivity contribution >= 4 is 26.4 Å². The van der Waals surface area contributed by atoms with E-state index in [9.17, 15) is 18.5 Å². The fourth-order valence-electron chi connectivity index (χ4n) is 2.02. The largest absolute Gasteiger partial charge is 0.346 e. The number of nitro groups is 1. The standard InChI is InChI=1S/C14H18N2O4S/c1-14(2,3)21(19,20)9-8-15-7-6-11-10-12(16(17)18)4-5-13(11)15/h4-7,10H,8-9H2,1-3H3. The number of aryl methyl sites for hydroxylation is 1. The lowest BCUT2D eigenvalue weighted by atomic mass is 10.2. The first-order valence-electron chi connectivity index (χ1n) is 6.57. The second kappa shape index (κ2) is 5.14. The first-order valence-corrected chi connectivity index (χ1v) is 8.23. The van der Waals surface area contributed by atoms with E-state index >= 15 is 0 Å². The Kier molecular flexibility index (Phi) is 3.79. The number of fused-ring (bicyclic) bond motifs is 1. The second-order valence-electron chi connectivity index (χ2n) is 5.94. The molecule has 0 saturated heterocycles. The van der Waals surface area contributed by atoms with E-state index in [0.29, 0.717) is 6.54 Å². The van der Waals surface area contributed by atoms with Crippen LogP contribution in [0.5, 0.6) is 0 Å². The molecule has 2 rings (SSSR count). The van der Waals surface area contributed by atoms with Crippen LogP contribution < -0.4 is 0 Å². The van der Waals surface area contributed by atoms with Crippen molar-refractivity contribution in [2.75, 3.05) is 5.75 Å². The molecule has 7 heteroatoms. The normalized spacial score (nSPS) is 12.7. The van der Waals surface area contributed by atoms with Gasteiger partial charge in [0.2, 0.25) is 0 Å². The predicted octanol–water partition coefficient (Wildman–Crippen LogP) is 2.76. The molecule has 0 atom stereocenters. The first-order chi connectivity index (χ1) is 9.62. The van der Waals surface area contributed by atoms with Gasteiger partial charge >= 0.3 is 0 Å². The van der Waals surface area contributed by atoms with E-state index in [1.54, 1.807) is 39.1 Å². The summed E-state index contributed by atoms with van der Waals surface area (Å²) >= 11 is 0. The minimum Gasteiger partial charge on any atom is -0.346 e. The number of hydrogen-bond donors (Lipinski definition) is 0. The number of benzene rings is 1. The molecule has 21 heavy (non-hydrogen) atoms. The van der Waals surface area contributed by atoms with E-state index in [-0.39, 0.29) is 11.4 Å². The minimum atomic E-state index is -3.19. The molecule has 0 fully saturated rings. The monoisotopic (exact) mass is 310 g/mol. The van der Waals surface area contributed by atoms with Gasteiger partial charge in [0.05, 0.1) is 15.4 Å². The summed E-state index contributed by atoms with van der Waals surface area (Å²) < 4.78 is 25.3. The topological polar surface area (TPSA) is 82.2 Å². The van der Waals surface area contributed by atoms with Crippen molar-refractivity contribution in [2.24, 2.45) is 0 Å².